The van der Waals surface area contributed by atoms with Crippen molar-refractivity contribution in [3.8, 4) is 5.75 Å². The number of azide groups is 1. The van der Waals surface area contributed by atoms with E-state index in [1.807, 2.05) is 0 Å². The molecule has 96 valence electrons. The highest BCUT2D eigenvalue weighted by atomic mass is 32.2. The molecule has 9 heteroatoms. The number of anilines is 1. The van der Waals surface area contributed by atoms with Crippen molar-refractivity contribution in [3.63, 3.8) is 0 Å². The number of carbonyl (C=O) groups excluding carboxylic acids is 1. The molecule has 0 spiro atoms. The zero-order chi connectivity index (χ0) is 13.8. The quantitative estimate of drug-likeness (QED) is 0.507. The second-order valence-corrected chi connectivity index (χ2v) is 4.77. The minimum absolute atomic E-state index is 0.180. The van der Waals surface area contributed by atoms with Gasteiger partial charge in [-0.1, -0.05) is 0 Å². The Morgan fingerprint density at radius 1 is 1.50 bits per heavy atom. The summed E-state index contributed by atoms with van der Waals surface area (Å²) < 4.78 is 30.7. The molecule has 1 aromatic rings. The summed E-state index contributed by atoms with van der Waals surface area (Å²) in [6.45, 7) is 1.27. The van der Waals surface area contributed by atoms with Crippen LogP contribution >= 0.6 is 0 Å². The van der Waals surface area contributed by atoms with Crippen LogP contribution in [-0.4, -0.2) is 21.4 Å². The Balaban J connectivity index is 3.34. The number of nitrogens with zero attached hydrogens (tertiary/aromatic N) is 3. The van der Waals surface area contributed by atoms with Gasteiger partial charge in [-0.3, -0.25) is 4.79 Å². The Hall–Kier alpha value is -2.25. The molecule has 0 aliphatic rings. The van der Waals surface area contributed by atoms with Gasteiger partial charge < -0.3 is 10.1 Å². The van der Waals surface area contributed by atoms with E-state index in [0.717, 1.165) is 6.07 Å². The highest BCUT2D eigenvalue weighted by molar-refractivity contribution is 7.90. The van der Waals surface area contributed by atoms with Crippen LogP contribution in [0.1, 0.15) is 6.92 Å². The Bertz CT molecular complexity index is 619. The van der Waals surface area contributed by atoms with Gasteiger partial charge in [0.05, 0.1) is 17.7 Å². The molecule has 0 aliphatic carbocycles. The van der Waals surface area contributed by atoms with Crippen molar-refractivity contribution < 1.29 is 17.9 Å². The van der Waals surface area contributed by atoms with Crippen LogP contribution in [0.3, 0.4) is 0 Å². The van der Waals surface area contributed by atoms with Gasteiger partial charge in [-0.2, -0.15) is 0 Å². The molecule has 0 aliphatic heterocycles. The maximum absolute atomic E-state index is 11.5. The molecule has 0 unspecified atom stereocenters. The molecule has 0 heterocycles. The summed E-state index contributed by atoms with van der Waals surface area (Å²) in [4.78, 5) is 13.0. The number of methoxy groups -OCH3 is 1. The van der Waals surface area contributed by atoms with Gasteiger partial charge in [0, 0.05) is 16.4 Å². The van der Waals surface area contributed by atoms with Crippen molar-refractivity contribution in [2.45, 2.75) is 11.8 Å². The van der Waals surface area contributed by atoms with Gasteiger partial charge in [0.25, 0.3) is 10.0 Å². The summed E-state index contributed by atoms with van der Waals surface area (Å²) in [5.41, 5.74) is 8.34. The third-order valence-electron chi connectivity index (χ3n) is 1.92. The van der Waals surface area contributed by atoms with Crippen molar-refractivity contribution in [2.75, 3.05) is 12.4 Å². The van der Waals surface area contributed by atoms with Crippen LogP contribution in [0.15, 0.2) is 27.6 Å². The third kappa shape index (κ3) is 3.12. The summed E-state index contributed by atoms with van der Waals surface area (Å²) in [5.74, 6) is -0.0864. The van der Waals surface area contributed by atoms with E-state index >= 15 is 0 Å². The molecule has 1 rings (SSSR count). The number of benzene rings is 1. The van der Waals surface area contributed by atoms with Crippen LogP contribution in [0.2, 0.25) is 0 Å². The normalized spacial score (nSPS) is 10.3. The van der Waals surface area contributed by atoms with E-state index in [9.17, 15) is 13.2 Å². The molecule has 0 saturated carbocycles. The van der Waals surface area contributed by atoms with Gasteiger partial charge in [-0.05, 0) is 23.7 Å². The zero-order valence-electron chi connectivity index (χ0n) is 9.61. The first-order chi connectivity index (χ1) is 8.40. The summed E-state index contributed by atoms with van der Waals surface area (Å²) in [5, 5.41) is 2.42. The van der Waals surface area contributed by atoms with Gasteiger partial charge in [-0.25, -0.2) is 8.42 Å². The number of carbonyl (C=O) groups is 1. The van der Waals surface area contributed by atoms with Crippen molar-refractivity contribution in [1.29, 1.82) is 0 Å². The van der Waals surface area contributed by atoms with Crippen LogP contribution in [0.5, 0.6) is 5.75 Å². The van der Waals surface area contributed by atoms with E-state index in [0.29, 0.717) is 5.75 Å². The summed E-state index contributed by atoms with van der Waals surface area (Å²) in [6.07, 6.45) is 0. The maximum atomic E-state index is 11.5. The fourth-order valence-electron chi connectivity index (χ4n) is 1.23. The van der Waals surface area contributed by atoms with Gasteiger partial charge in [0.1, 0.15) is 5.75 Å². The van der Waals surface area contributed by atoms with Gasteiger partial charge in [0.15, 0.2) is 0 Å². The van der Waals surface area contributed by atoms with E-state index in [-0.39, 0.29) is 16.5 Å². The van der Waals surface area contributed by atoms with Crippen LogP contribution < -0.4 is 10.1 Å². The molecule has 0 radical (unpaired) electrons. The van der Waals surface area contributed by atoms with Crippen LogP contribution in [0.25, 0.3) is 10.4 Å². The summed E-state index contributed by atoms with van der Waals surface area (Å²) in [6, 6.07) is 3.73. The van der Waals surface area contributed by atoms with Crippen LogP contribution in [-0.2, 0) is 14.8 Å². The van der Waals surface area contributed by atoms with Crippen molar-refractivity contribution in [1.82, 2.24) is 0 Å². The lowest BCUT2D eigenvalue weighted by Crippen LogP contribution is -2.08. The second-order valence-electron chi connectivity index (χ2n) is 3.19. The van der Waals surface area contributed by atoms with Crippen molar-refractivity contribution in [2.24, 2.45) is 4.52 Å². The topological polar surface area (TPSA) is 121 Å². The first-order valence-electron chi connectivity index (χ1n) is 4.67. The Kier molecular flexibility index (Phi) is 4.13. The molecule has 18 heavy (non-hydrogen) atoms. The predicted octanol–water partition coefficient (Wildman–Crippen LogP) is 1.65. The summed E-state index contributed by atoms with van der Waals surface area (Å²) >= 11 is 0. The highest BCUT2D eigenvalue weighted by Crippen LogP contribution is 2.28. The molecule has 0 saturated heterocycles. The van der Waals surface area contributed by atoms with Crippen LogP contribution in [0.4, 0.5) is 5.69 Å². The SMILES string of the molecule is COc1ccc(S(=O)(=O)N=[N+]=[N-])cc1NC(C)=O. The smallest absolute Gasteiger partial charge is 0.264 e. The monoisotopic (exact) mass is 270 g/mol. The first-order valence-corrected chi connectivity index (χ1v) is 6.11. The standard InChI is InChI=1S/C9H10N4O4S/c1-6(14)11-8-5-7(3-4-9(8)17-2)18(15,16)13-12-10/h3-5H,1-2H3,(H,11,14). The fraction of sp³-hybridized carbons (Fsp3) is 0.222. The van der Waals surface area contributed by atoms with E-state index in [1.165, 1.54) is 26.2 Å². The van der Waals surface area contributed by atoms with Gasteiger partial charge >= 0.3 is 0 Å². The zero-order valence-corrected chi connectivity index (χ0v) is 10.4. The molecular formula is C9H10N4O4S. The molecule has 0 atom stereocenters. The van der Waals surface area contributed by atoms with E-state index in [4.69, 9.17) is 10.3 Å². The highest BCUT2D eigenvalue weighted by Gasteiger charge is 2.15. The third-order valence-corrected chi connectivity index (χ3v) is 3.06. The van der Waals surface area contributed by atoms with Crippen molar-refractivity contribution in [3.05, 3.63) is 28.6 Å². The molecule has 0 bridgehead atoms. The number of hydrogen-bond donors (Lipinski definition) is 1. The van der Waals surface area contributed by atoms with Crippen LogP contribution in [0, 0.1) is 0 Å². The number of amides is 1. The predicted molar refractivity (Wildman–Crippen MR) is 63.6 cm³/mol. The molecule has 8 nitrogen and oxygen atoms in total. The largest absolute Gasteiger partial charge is 0.495 e. The number of sulfonamides is 1. The number of rotatable bonds is 4. The van der Waals surface area contributed by atoms with Crippen molar-refractivity contribution >= 4 is 21.6 Å². The first kappa shape index (κ1) is 13.8. The average molecular weight is 270 g/mol. The maximum Gasteiger partial charge on any atom is 0.264 e. The minimum atomic E-state index is -4.09. The number of ether oxygens (including phenoxy) is 1. The molecule has 1 N–H and O–H groups in total. The Morgan fingerprint density at radius 3 is 2.67 bits per heavy atom. The minimum Gasteiger partial charge on any atom is -0.495 e. The Morgan fingerprint density at radius 2 is 2.17 bits per heavy atom. The summed E-state index contributed by atoms with van der Waals surface area (Å²) in [7, 11) is -2.71. The van der Waals surface area contributed by atoms with E-state index < -0.39 is 10.0 Å². The Labute approximate surface area is 103 Å². The molecule has 0 aromatic heterocycles. The molecule has 1 amide bonds. The van der Waals surface area contributed by atoms with E-state index in [2.05, 4.69) is 14.7 Å². The molecule has 0 fully saturated rings. The lowest BCUT2D eigenvalue weighted by molar-refractivity contribution is -0.114. The van der Waals surface area contributed by atoms with Gasteiger partial charge in [0.2, 0.25) is 5.91 Å². The second kappa shape index (κ2) is 5.39. The number of hydrogen-bond acceptors (Lipinski definition) is 4. The lowest BCUT2D eigenvalue weighted by atomic mass is 10.3. The fourth-order valence-corrected chi connectivity index (χ4v) is 1.93. The van der Waals surface area contributed by atoms with E-state index in [1.54, 1.807) is 0 Å². The molecular weight excluding hydrogens is 260 g/mol. The average Bonchev–Trinajstić information content (AvgIpc) is 2.28. The number of nitrogens with one attached hydrogen (secondary N) is 1. The van der Waals surface area contributed by atoms with Gasteiger partial charge in [-0.15, -0.1) is 0 Å². The lowest BCUT2D eigenvalue weighted by Gasteiger charge is -2.09. The molecule has 1 aromatic carbocycles.